The van der Waals surface area contributed by atoms with Gasteiger partial charge in [0.15, 0.2) is 0 Å². The smallest absolute Gasteiger partial charge is 0.118 e. The zero-order valence-corrected chi connectivity index (χ0v) is 8.98. The van der Waals surface area contributed by atoms with Gasteiger partial charge in [-0.1, -0.05) is 12.1 Å². The fourth-order valence-electron chi connectivity index (χ4n) is 1.93. The molecule has 15 heavy (non-hydrogen) atoms. The Morgan fingerprint density at radius 2 is 2.13 bits per heavy atom. The van der Waals surface area contributed by atoms with Gasteiger partial charge in [0.25, 0.3) is 0 Å². The van der Waals surface area contributed by atoms with Crippen LogP contribution in [0.15, 0.2) is 24.3 Å². The summed E-state index contributed by atoms with van der Waals surface area (Å²) in [5.74, 6) is 0.860. The molecule has 2 unspecified atom stereocenters. The van der Waals surface area contributed by atoms with Gasteiger partial charge in [-0.25, -0.2) is 0 Å². The zero-order chi connectivity index (χ0) is 10.7. The molecule has 0 aromatic heterocycles. The van der Waals surface area contributed by atoms with Crippen molar-refractivity contribution in [2.75, 3.05) is 13.7 Å². The molecule has 2 atom stereocenters. The molecule has 1 heterocycles. The van der Waals surface area contributed by atoms with E-state index in [0.29, 0.717) is 0 Å². The van der Waals surface area contributed by atoms with E-state index < -0.39 is 0 Å². The van der Waals surface area contributed by atoms with Crippen molar-refractivity contribution >= 4 is 0 Å². The maximum Gasteiger partial charge on any atom is 0.118 e. The van der Waals surface area contributed by atoms with E-state index in [1.165, 1.54) is 0 Å². The standard InChI is InChI=1S/C12H17NO2/c1-14-10-6-4-9(5-7-10)12(13)11-3-2-8-15-11/h4-7,11-12H,2-3,8,13H2,1H3. The molecule has 0 bridgehead atoms. The summed E-state index contributed by atoms with van der Waals surface area (Å²) in [7, 11) is 1.66. The van der Waals surface area contributed by atoms with Gasteiger partial charge in [0, 0.05) is 6.61 Å². The second kappa shape index (κ2) is 4.64. The minimum Gasteiger partial charge on any atom is -0.497 e. The molecule has 3 heteroatoms. The quantitative estimate of drug-likeness (QED) is 0.823. The first-order chi connectivity index (χ1) is 7.31. The van der Waals surface area contributed by atoms with Gasteiger partial charge in [-0.15, -0.1) is 0 Å². The second-order valence-corrected chi connectivity index (χ2v) is 3.85. The van der Waals surface area contributed by atoms with Crippen LogP contribution in [-0.2, 0) is 4.74 Å². The number of benzene rings is 1. The molecule has 0 amide bonds. The Hall–Kier alpha value is -1.06. The molecule has 1 aliphatic heterocycles. The molecule has 1 aromatic carbocycles. The summed E-state index contributed by atoms with van der Waals surface area (Å²) >= 11 is 0. The second-order valence-electron chi connectivity index (χ2n) is 3.85. The lowest BCUT2D eigenvalue weighted by Gasteiger charge is -2.18. The van der Waals surface area contributed by atoms with Crippen LogP contribution in [0.4, 0.5) is 0 Å². The third kappa shape index (κ3) is 2.30. The number of ether oxygens (including phenoxy) is 2. The van der Waals surface area contributed by atoms with Crippen molar-refractivity contribution in [3.05, 3.63) is 29.8 Å². The van der Waals surface area contributed by atoms with Crippen molar-refractivity contribution in [2.45, 2.75) is 25.0 Å². The highest BCUT2D eigenvalue weighted by atomic mass is 16.5. The van der Waals surface area contributed by atoms with E-state index in [2.05, 4.69) is 0 Å². The van der Waals surface area contributed by atoms with Crippen molar-refractivity contribution in [1.29, 1.82) is 0 Å². The van der Waals surface area contributed by atoms with Crippen molar-refractivity contribution in [2.24, 2.45) is 5.73 Å². The normalized spacial score (nSPS) is 22.7. The summed E-state index contributed by atoms with van der Waals surface area (Å²) in [6.07, 6.45) is 2.36. The van der Waals surface area contributed by atoms with Crippen LogP contribution in [0, 0.1) is 0 Å². The molecule has 2 N–H and O–H groups in total. The fourth-order valence-corrected chi connectivity index (χ4v) is 1.93. The Balaban J connectivity index is 2.07. The molecule has 3 nitrogen and oxygen atoms in total. The summed E-state index contributed by atoms with van der Waals surface area (Å²) in [6.45, 7) is 0.842. The molecule has 1 aromatic rings. The van der Waals surface area contributed by atoms with E-state index in [0.717, 1.165) is 30.8 Å². The first-order valence-electron chi connectivity index (χ1n) is 5.32. The SMILES string of the molecule is COc1ccc(C(N)C2CCCO2)cc1. The zero-order valence-electron chi connectivity index (χ0n) is 8.98. The topological polar surface area (TPSA) is 44.5 Å². The van der Waals surface area contributed by atoms with Gasteiger partial charge in [-0.3, -0.25) is 0 Å². The van der Waals surface area contributed by atoms with E-state index in [1.807, 2.05) is 24.3 Å². The van der Waals surface area contributed by atoms with Gasteiger partial charge in [-0.2, -0.15) is 0 Å². The van der Waals surface area contributed by atoms with E-state index in [9.17, 15) is 0 Å². The summed E-state index contributed by atoms with van der Waals surface area (Å²) in [5, 5.41) is 0. The predicted octanol–water partition coefficient (Wildman–Crippen LogP) is 1.87. The average Bonchev–Trinajstić information content (AvgIpc) is 2.82. The Morgan fingerprint density at radius 3 is 2.67 bits per heavy atom. The molecule has 1 saturated heterocycles. The number of hydrogen-bond acceptors (Lipinski definition) is 3. The maximum absolute atomic E-state index is 6.13. The van der Waals surface area contributed by atoms with Gasteiger partial charge < -0.3 is 15.2 Å². The molecule has 0 saturated carbocycles. The van der Waals surface area contributed by atoms with Crippen LogP contribution < -0.4 is 10.5 Å². The molecular formula is C12H17NO2. The van der Waals surface area contributed by atoms with Crippen LogP contribution in [0.5, 0.6) is 5.75 Å². The number of methoxy groups -OCH3 is 1. The largest absolute Gasteiger partial charge is 0.497 e. The third-order valence-electron chi connectivity index (χ3n) is 2.87. The maximum atomic E-state index is 6.13. The first-order valence-corrected chi connectivity index (χ1v) is 5.32. The summed E-state index contributed by atoms with van der Waals surface area (Å²) in [5.41, 5.74) is 7.24. The molecule has 0 spiro atoms. The number of nitrogens with two attached hydrogens (primary N) is 1. The van der Waals surface area contributed by atoms with Gasteiger partial charge in [0.2, 0.25) is 0 Å². The van der Waals surface area contributed by atoms with Crippen molar-refractivity contribution in [1.82, 2.24) is 0 Å². The first kappa shape index (κ1) is 10.5. The van der Waals surface area contributed by atoms with Gasteiger partial charge in [0.1, 0.15) is 5.75 Å². The highest BCUT2D eigenvalue weighted by molar-refractivity contribution is 5.29. The molecule has 0 radical (unpaired) electrons. The lowest BCUT2D eigenvalue weighted by Crippen LogP contribution is -2.25. The molecule has 1 fully saturated rings. The minimum absolute atomic E-state index is 0.0154. The van der Waals surface area contributed by atoms with E-state index in [1.54, 1.807) is 7.11 Å². The van der Waals surface area contributed by atoms with Gasteiger partial charge >= 0.3 is 0 Å². The van der Waals surface area contributed by atoms with E-state index in [-0.39, 0.29) is 12.1 Å². The van der Waals surface area contributed by atoms with Crippen LogP contribution in [0.3, 0.4) is 0 Å². The summed E-state index contributed by atoms with van der Waals surface area (Å²) in [4.78, 5) is 0. The predicted molar refractivity (Wildman–Crippen MR) is 58.9 cm³/mol. The number of rotatable bonds is 3. The van der Waals surface area contributed by atoms with Gasteiger partial charge in [0.05, 0.1) is 19.3 Å². The molecule has 1 aliphatic rings. The average molecular weight is 207 g/mol. The highest BCUT2D eigenvalue weighted by Crippen LogP contribution is 2.25. The van der Waals surface area contributed by atoms with Crippen LogP contribution in [-0.4, -0.2) is 19.8 Å². The monoisotopic (exact) mass is 207 g/mol. The van der Waals surface area contributed by atoms with Gasteiger partial charge in [-0.05, 0) is 30.5 Å². The van der Waals surface area contributed by atoms with Crippen molar-refractivity contribution < 1.29 is 9.47 Å². The summed E-state index contributed by atoms with van der Waals surface area (Å²) < 4.78 is 10.7. The Labute approximate surface area is 90.2 Å². The Kier molecular flexibility index (Phi) is 3.23. The lowest BCUT2D eigenvalue weighted by atomic mass is 10.0. The van der Waals surface area contributed by atoms with Crippen LogP contribution in [0.25, 0.3) is 0 Å². The third-order valence-corrected chi connectivity index (χ3v) is 2.87. The Bertz CT molecular complexity index is 304. The summed E-state index contributed by atoms with van der Waals surface area (Å²) in [6, 6.07) is 7.86. The van der Waals surface area contributed by atoms with Crippen molar-refractivity contribution in [3.8, 4) is 5.75 Å². The highest BCUT2D eigenvalue weighted by Gasteiger charge is 2.23. The lowest BCUT2D eigenvalue weighted by molar-refractivity contribution is 0.0900. The molecule has 0 aliphatic carbocycles. The Morgan fingerprint density at radius 1 is 1.40 bits per heavy atom. The molecule has 2 rings (SSSR count). The van der Waals surface area contributed by atoms with Crippen LogP contribution in [0.1, 0.15) is 24.4 Å². The van der Waals surface area contributed by atoms with E-state index in [4.69, 9.17) is 15.2 Å². The van der Waals surface area contributed by atoms with E-state index >= 15 is 0 Å². The molecule has 82 valence electrons. The minimum atomic E-state index is -0.0154. The van der Waals surface area contributed by atoms with Crippen LogP contribution in [0.2, 0.25) is 0 Å². The van der Waals surface area contributed by atoms with Crippen molar-refractivity contribution in [3.63, 3.8) is 0 Å². The van der Waals surface area contributed by atoms with Crippen LogP contribution >= 0.6 is 0 Å². The molecular weight excluding hydrogens is 190 g/mol. The fraction of sp³-hybridized carbons (Fsp3) is 0.500. The number of hydrogen-bond donors (Lipinski definition) is 1.